The summed E-state index contributed by atoms with van der Waals surface area (Å²) >= 11 is 0. The Balaban J connectivity index is 3.55. The van der Waals surface area contributed by atoms with Gasteiger partial charge in [-0.1, -0.05) is 20.3 Å². The molecule has 0 aliphatic heterocycles. The molecule has 0 aromatic carbocycles. The van der Waals surface area contributed by atoms with Gasteiger partial charge in [0.05, 0.1) is 5.60 Å². The van der Waals surface area contributed by atoms with Crippen LogP contribution in [-0.2, 0) is 4.79 Å². The summed E-state index contributed by atoms with van der Waals surface area (Å²) in [6, 6.07) is 0. The summed E-state index contributed by atoms with van der Waals surface area (Å²) in [5, 5.41) is 18.2. The first-order chi connectivity index (χ1) is 6.04. The third kappa shape index (κ3) is 5.64. The summed E-state index contributed by atoms with van der Waals surface area (Å²) < 4.78 is 0. The molecule has 3 nitrogen and oxygen atoms in total. The summed E-state index contributed by atoms with van der Waals surface area (Å²) in [4.78, 5) is 10.2. The Morgan fingerprint density at radius 2 is 1.77 bits per heavy atom. The lowest BCUT2D eigenvalue weighted by Gasteiger charge is -2.24. The smallest absolute Gasteiger partial charge is 0.303 e. The predicted octanol–water partition coefficient (Wildman–Crippen LogP) is 2.18. The van der Waals surface area contributed by atoms with E-state index < -0.39 is 11.6 Å². The van der Waals surface area contributed by atoms with Gasteiger partial charge in [0.25, 0.3) is 0 Å². The minimum atomic E-state index is -0.753. The average molecular weight is 188 g/mol. The third-order valence-electron chi connectivity index (χ3n) is 2.60. The highest BCUT2D eigenvalue weighted by molar-refractivity contribution is 5.66. The van der Waals surface area contributed by atoms with E-state index in [1.165, 1.54) is 0 Å². The first-order valence-corrected chi connectivity index (χ1v) is 4.98. The van der Waals surface area contributed by atoms with E-state index in [2.05, 4.69) is 0 Å². The minimum absolute atomic E-state index is 0.212. The van der Waals surface area contributed by atoms with Crippen LogP contribution >= 0.6 is 0 Å². The third-order valence-corrected chi connectivity index (χ3v) is 2.60. The molecule has 0 saturated carbocycles. The number of carboxylic acids is 1. The molecule has 0 saturated heterocycles. The molecule has 3 heteroatoms. The standard InChI is InChI=1S/C10H20O3/c1-3-10(13,4-2)8-6-5-7-9(11)12/h13H,3-8H2,1-2H3,(H,11,12). The maximum absolute atomic E-state index is 10.2. The first-order valence-electron chi connectivity index (χ1n) is 4.98. The van der Waals surface area contributed by atoms with Gasteiger partial charge in [-0.3, -0.25) is 4.79 Å². The zero-order valence-corrected chi connectivity index (χ0v) is 8.55. The van der Waals surface area contributed by atoms with Crippen molar-refractivity contribution in [3.8, 4) is 0 Å². The van der Waals surface area contributed by atoms with Crippen LogP contribution in [0.3, 0.4) is 0 Å². The molecule has 0 atom stereocenters. The van der Waals surface area contributed by atoms with Gasteiger partial charge in [-0.15, -0.1) is 0 Å². The highest BCUT2D eigenvalue weighted by atomic mass is 16.4. The molecule has 0 aliphatic rings. The Bertz CT molecular complexity index is 150. The van der Waals surface area contributed by atoms with Gasteiger partial charge < -0.3 is 10.2 Å². The highest BCUT2D eigenvalue weighted by Gasteiger charge is 2.20. The molecule has 0 fully saturated rings. The summed E-state index contributed by atoms with van der Waals surface area (Å²) in [6.45, 7) is 3.92. The quantitative estimate of drug-likeness (QED) is 0.602. The Hall–Kier alpha value is -0.570. The van der Waals surface area contributed by atoms with E-state index in [1.54, 1.807) is 0 Å². The molecule has 13 heavy (non-hydrogen) atoms. The highest BCUT2D eigenvalue weighted by Crippen LogP contribution is 2.22. The maximum atomic E-state index is 10.2. The Kier molecular flexibility index (Phi) is 5.71. The molecule has 78 valence electrons. The van der Waals surface area contributed by atoms with Crippen LogP contribution in [0.1, 0.15) is 52.4 Å². The van der Waals surface area contributed by atoms with E-state index in [4.69, 9.17) is 5.11 Å². The van der Waals surface area contributed by atoms with E-state index in [0.29, 0.717) is 12.8 Å². The van der Waals surface area contributed by atoms with E-state index in [0.717, 1.165) is 19.3 Å². The van der Waals surface area contributed by atoms with Crippen LogP contribution in [0.2, 0.25) is 0 Å². The van der Waals surface area contributed by atoms with Crippen LogP contribution in [0.5, 0.6) is 0 Å². The van der Waals surface area contributed by atoms with E-state index in [9.17, 15) is 9.90 Å². The number of hydrogen-bond acceptors (Lipinski definition) is 2. The molecule has 0 spiro atoms. The first kappa shape index (κ1) is 12.4. The fraction of sp³-hybridized carbons (Fsp3) is 0.900. The second kappa shape index (κ2) is 5.97. The van der Waals surface area contributed by atoms with Gasteiger partial charge in [-0.25, -0.2) is 0 Å². The molecule has 0 rings (SSSR count). The molecule has 0 unspecified atom stereocenters. The largest absolute Gasteiger partial charge is 0.481 e. The second-order valence-corrected chi connectivity index (χ2v) is 3.53. The lowest BCUT2D eigenvalue weighted by atomic mass is 9.91. The van der Waals surface area contributed by atoms with Crippen LogP contribution in [0, 0.1) is 0 Å². The second-order valence-electron chi connectivity index (χ2n) is 3.53. The van der Waals surface area contributed by atoms with Crippen LogP contribution in [0.15, 0.2) is 0 Å². The molecular weight excluding hydrogens is 168 g/mol. The van der Waals surface area contributed by atoms with Gasteiger partial charge >= 0.3 is 5.97 Å². The number of hydrogen-bond donors (Lipinski definition) is 2. The predicted molar refractivity (Wildman–Crippen MR) is 51.6 cm³/mol. The van der Waals surface area contributed by atoms with Crippen LogP contribution < -0.4 is 0 Å². The van der Waals surface area contributed by atoms with Gasteiger partial charge in [0.15, 0.2) is 0 Å². The molecule has 2 N–H and O–H groups in total. The topological polar surface area (TPSA) is 57.5 Å². The molecule has 0 bridgehead atoms. The number of rotatable bonds is 7. The summed E-state index contributed by atoms with van der Waals surface area (Å²) in [5.41, 5.74) is -0.571. The van der Waals surface area contributed by atoms with Crippen molar-refractivity contribution in [3.63, 3.8) is 0 Å². The molecule has 0 aromatic rings. The van der Waals surface area contributed by atoms with Gasteiger partial charge in [-0.2, -0.15) is 0 Å². The average Bonchev–Trinajstić information content (AvgIpc) is 2.12. The minimum Gasteiger partial charge on any atom is -0.481 e. The molecule has 0 heterocycles. The lowest BCUT2D eigenvalue weighted by molar-refractivity contribution is -0.137. The van der Waals surface area contributed by atoms with Gasteiger partial charge in [0.1, 0.15) is 0 Å². The van der Waals surface area contributed by atoms with Crippen molar-refractivity contribution in [1.82, 2.24) is 0 Å². The monoisotopic (exact) mass is 188 g/mol. The lowest BCUT2D eigenvalue weighted by Crippen LogP contribution is -2.26. The zero-order chi connectivity index (χ0) is 10.3. The van der Waals surface area contributed by atoms with Crippen molar-refractivity contribution in [1.29, 1.82) is 0 Å². The van der Waals surface area contributed by atoms with E-state index >= 15 is 0 Å². The molecule has 0 radical (unpaired) electrons. The van der Waals surface area contributed by atoms with Crippen molar-refractivity contribution in [2.45, 2.75) is 58.0 Å². The van der Waals surface area contributed by atoms with E-state index in [1.807, 2.05) is 13.8 Å². The van der Waals surface area contributed by atoms with Gasteiger partial charge in [0.2, 0.25) is 0 Å². The zero-order valence-electron chi connectivity index (χ0n) is 8.55. The SMILES string of the molecule is CCC(O)(CC)CCCCC(=O)O. The number of carbonyl (C=O) groups is 1. The van der Waals surface area contributed by atoms with E-state index in [-0.39, 0.29) is 6.42 Å². The van der Waals surface area contributed by atoms with Crippen LogP contribution in [0.4, 0.5) is 0 Å². The summed E-state index contributed by atoms with van der Waals surface area (Å²) in [5.74, 6) is -0.753. The Morgan fingerprint density at radius 3 is 2.15 bits per heavy atom. The van der Waals surface area contributed by atoms with Gasteiger partial charge in [0, 0.05) is 6.42 Å². The van der Waals surface area contributed by atoms with Crippen molar-refractivity contribution in [2.24, 2.45) is 0 Å². The van der Waals surface area contributed by atoms with Crippen molar-refractivity contribution in [2.75, 3.05) is 0 Å². The molecule has 0 amide bonds. The molecule has 0 aromatic heterocycles. The van der Waals surface area contributed by atoms with Crippen molar-refractivity contribution < 1.29 is 15.0 Å². The number of aliphatic hydroxyl groups is 1. The number of aliphatic carboxylic acids is 1. The van der Waals surface area contributed by atoms with Crippen molar-refractivity contribution >= 4 is 5.97 Å². The maximum Gasteiger partial charge on any atom is 0.303 e. The Morgan fingerprint density at radius 1 is 1.23 bits per heavy atom. The molecule has 0 aliphatic carbocycles. The molecular formula is C10H20O3. The van der Waals surface area contributed by atoms with Crippen LogP contribution in [-0.4, -0.2) is 21.8 Å². The summed E-state index contributed by atoms with van der Waals surface area (Å²) in [7, 11) is 0. The summed E-state index contributed by atoms with van der Waals surface area (Å²) in [6.07, 6.45) is 3.88. The number of carboxylic acid groups (broad SMARTS) is 1. The van der Waals surface area contributed by atoms with Gasteiger partial charge in [-0.05, 0) is 25.7 Å². The number of unbranched alkanes of at least 4 members (excludes halogenated alkanes) is 1. The Labute approximate surface area is 79.8 Å². The van der Waals surface area contributed by atoms with Crippen molar-refractivity contribution in [3.05, 3.63) is 0 Å². The fourth-order valence-corrected chi connectivity index (χ4v) is 1.33. The fourth-order valence-electron chi connectivity index (χ4n) is 1.33. The van der Waals surface area contributed by atoms with Crippen LogP contribution in [0.25, 0.3) is 0 Å². The normalized spacial score (nSPS) is 11.6.